The topological polar surface area (TPSA) is 96.4 Å². The third-order valence-electron chi connectivity index (χ3n) is 1.92. The van der Waals surface area contributed by atoms with Gasteiger partial charge in [-0.15, -0.1) is 0 Å². The highest BCUT2D eigenvalue weighted by molar-refractivity contribution is 6.41. The van der Waals surface area contributed by atoms with Crippen LogP contribution in [-0.4, -0.2) is 29.5 Å². The summed E-state index contributed by atoms with van der Waals surface area (Å²) in [6.45, 7) is 2.04. The second kappa shape index (κ2) is 3.57. The Bertz CT molecular complexity index is 283. The van der Waals surface area contributed by atoms with Crippen LogP contribution in [0.5, 0.6) is 0 Å². The van der Waals surface area contributed by atoms with Crippen molar-refractivity contribution in [1.82, 2.24) is 0 Å². The van der Waals surface area contributed by atoms with Gasteiger partial charge in [0.2, 0.25) is 0 Å². The monoisotopic (exact) mass is 184 g/mol. The average Bonchev–Trinajstić information content (AvgIpc) is 2.08. The van der Waals surface area contributed by atoms with Gasteiger partial charge in [0.15, 0.2) is 0 Å². The summed E-state index contributed by atoms with van der Waals surface area (Å²) in [6.07, 6.45) is 0.332. The predicted molar refractivity (Wildman–Crippen MR) is 46.6 cm³/mol. The first-order chi connectivity index (χ1) is 6.02. The van der Waals surface area contributed by atoms with E-state index in [2.05, 4.69) is 0 Å². The van der Waals surface area contributed by atoms with E-state index in [4.69, 9.17) is 21.0 Å². The fourth-order valence-corrected chi connectivity index (χ4v) is 1.19. The molecule has 0 aliphatic carbocycles. The Balaban J connectivity index is 2.88. The van der Waals surface area contributed by atoms with Crippen LogP contribution in [-0.2, 0) is 9.53 Å². The van der Waals surface area contributed by atoms with Crippen molar-refractivity contribution in [3.05, 3.63) is 11.3 Å². The van der Waals surface area contributed by atoms with Gasteiger partial charge in [0.25, 0.3) is 0 Å². The van der Waals surface area contributed by atoms with Gasteiger partial charge in [-0.3, -0.25) is 5.41 Å². The molecule has 0 spiro atoms. The lowest BCUT2D eigenvalue weighted by molar-refractivity contribution is -0.129. The summed E-state index contributed by atoms with van der Waals surface area (Å²) in [6, 6.07) is 0. The molecule has 0 aromatic heterocycles. The fourth-order valence-electron chi connectivity index (χ4n) is 1.19. The molecule has 1 unspecified atom stereocenters. The maximum Gasteiger partial charge on any atom is 0.354 e. The first-order valence-electron chi connectivity index (χ1n) is 3.93. The van der Waals surface area contributed by atoms with Crippen LogP contribution in [0.4, 0.5) is 0 Å². The minimum Gasteiger partial charge on any atom is -0.477 e. The molecule has 0 bridgehead atoms. The maximum atomic E-state index is 10.5. The predicted octanol–water partition coefficient (Wildman–Crippen LogP) is 0.112. The van der Waals surface area contributed by atoms with Gasteiger partial charge in [-0.1, -0.05) is 0 Å². The Morgan fingerprint density at radius 2 is 2.38 bits per heavy atom. The molecular formula is C8H12N2O3. The number of carboxylic acids is 1. The zero-order valence-electron chi connectivity index (χ0n) is 7.33. The molecule has 0 aromatic rings. The molecule has 0 saturated heterocycles. The zero-order valence-corrected chi connectivity index (χ0v) is 7.33. The number of aliphatic carboxylic acids is 1. The lowest BCUT2D eigenvalue weighted by Crippen LogP contribution is -2.29. The van der Waals surface area contributed by atoms with Gasteiger partial charge in [0.1, 0.15) is 5.71 Å². The van der Waals surface area contributed by atoms with Gasteiger partial charge in [-0.2, -0.15) is 0 Å². The van der Waals surface area contributed by atoms with Crippen LogP contribution in [0.25, 0.3) is 0 Å². The van der Waals surface area contributed by atoms with E-state index in [-0.39, 0.29) is 12.7 Å². The highest BCUT2D eigenvalue weighted by atomic mass is 16.5. The van der Waals surface area contributed by atoms with E-state index in [0.717, 1.165) is 0 Å². The average molecular weight is 184 g/mol. The number of rotatable bonds is 2. The van der Waals surface area contributed by atoms with E-state index in [1.165, 1.54) is 0 Å². The van der Waals surface area contributed by atoms with Crippen molar-refractivity contribution in [2.24, 2.45) is 5.73 Å². The van der Waals surface area contributed by atoms with Crippen molar-refractivity contribution in [1.29, 1.82) is 5.41 Å². The van der Waals surface area contributed by atoms with E-state index in [9.17, 15) is 4.79 Å². The van der Waals surface area contributed by atoms with Crippen LogP contribution >= 0.6 is 0 Å². The van der Waals surface area contributed by atoms with Crippen LogP contribution in [0.3, 0.4) is 0 Å². The van der Waals surface area contributed by atoms with Crippen LogP contribution < -0.4 is 5.73 Å². The number of hydrogen-bond acceptors (Lipinski definition) is 4. The van der Waals surface area contributed by atoms with Gasteiger partial charge in [-0.05, 0) is 6.92 Å². The molecule has 0 fully saturated rings. The molecule has 0 radical (unpaired) electrons. The van der Waals surface area contributed by atoms with Crippen LogP contribution in [0, 0.1) is 5.41 Å². The Morgan fingerprint density at radius 1 is 1.77 bits per heavy atom. The molecule has 4 N–H and O–H groups in total. The summed E-state index contributed by atoms with van der Waals surface area (Å²) in [7, 11) is 0. The first-order valence-corrected chi connectivity index (χ1v) is 3.93. The maximum absolute atomic E-state index is 10.5. The lowest BCUT2D eigenvalue weighted by atomic mass is 10.00. The molecule has 1 aliphatic rings. The van der Waals surface area contributed by atoms with Crippen LogP contribution in [0.1, 0.15) is 13.3 Å². The SMILES string of the molecule is CC1CC(C(=N)C(=O)O)=C(N)CO1. The third-order valence-corrected chi connectivity index (χ3v) is 1.92. The molecule has 1 aliphatic heterocycles. The molecule has 0 saturated carbocycles. The van der Waals surface area contributed by atoms with Crippen molar-refractivity contribution in [3.8, 4) is 0 Å². The first kappa shape index (κ1) is 9.73. The molecule has 13 heavy (non-hydrogen) atoms. The van der Waals surface area contributed by atoms with E-state index < -0.39 is 11.7 Å². The van der Waals surface area contributed by atoms with E-state index in [1.807, 2.05) is 6.92 Å². The summed E-state index contributed by atoms with van der Waals surface area (Å²) in [4.78, 5) is 10.5. The van der Waals surface area contributed by atoms with E-state index >= 15 is 0 Å². The number of nitrogens with two attached hydrogens (primary N) is 1. The third kappa shape index (κ3) is 2.06. The molecule has 72 valence electrons. The second-order valence-electron chi connectivity index (χ2n) is 3.01. The molecule has 0 aromatic carbocycles. The largest absolute Gasteiger partial charge is 0.477 e. The summed E-state index contributed by atoms with van der Waals surface area (Å²) in [5, 5.41) is 15.8. The summed E-state index contributed by atoms with van der Waals surface area (Å²) >= 11 is 0. The van der Waals surface area contributed by atoms with Gasteiger partial charge in [-0.25, -0.2) is 4.79 Å². The van der Waals surface area contributed by atoms with Crippen molar-refractivity contribution >= 4 is 11.7 Å². The number of carboxylic acid groups (broad SMARTS) is 1. The number of hydrogen-bond donors (Lipinski definition) is 3. The van der Waals surface area contributed by atoms with Gasteiger partial charge in [0.05, 0.1) is 12.7 Å². The van der Waals surface area contributed by atoms with Crippen molar-refractivity contribution in [2.75, 3.05) is 6.61 Å². The smallest absolute Gasteiger partial charge is 0.354 e. The number of ether oxygens (including phenoxy) is 1. The molecule has 5 nitrogen and oxygen atoms in total. The second-order valence-corrected chi connectivity index (χ2v) is 3.01. The highest BCUT2D eigenvalue weighted by Gasteiger charge is 2.23. The zero-order chi connectivity index (χ0) is 10.0. The van der Waals surface area contributed by atoms with E-state index in [0.29, 0.717) is 17.7 Å². The van der Waals surface area contributed by atoms with Crippen LogP contribution in [0.15, 0.2) is 11.3 Å². The molecule has 1 heterocycles. The van der Waals surface area contributed by atoms with Crippen molar-refractivity contribution < 1.29 is 14.6 Å². The normalized spacial score (nSPS) is 23.0. The van der Waals surface area contributed by atoms with E-state index in [1.54, 1.807) is 0 Å². The van der Waals surface area contributed by atoms with Crippen molar-refractivity contribution in [2.45, 2.75) is 19.4 Å². The molecule has 5 heteroatoms. The highest BCUT2D eigenvalue weighted by Crippen LogP contribution is 2.18. The Morgan fingerprint density at radius 3 is 2.92 bits per heavy atom. The lowest BCUT2D eigenvalue weighted by Gasteiger charge is -2.22. The van der Waals surface area contributed by atoms with Gasteiger partial charge < -0.3 is 15.6 Å². The van der Waals surface area contributed by atoms with Gasteiger partial charge in [0, 0.05) is 17.7 Å². The Kier molecular flexibility index (Phi) is 2.67. The minimum atomic E-state index is -1.24. The number of nitrogens with one attached hydrogen (secondary N) is 1. The standard InChI is InChI=1S/C8H12N2O3/c1-4-2-5(6(9)3-13-4)7(10)8(11)12/h4,10H,2-3,9H2,1H3,(H,11,12). The Labute approximate surface area is 75.7 Å². The van der Waals surface area contributed by atoms with Crippen LogP contribution in [0.2, 0.25) is 0 Å². The summed E-state index contributed by atoms with van der Waals surface area (Å²) < 4.78 is 5.18. The molecule has 0 amide bonds. The molecule has 1 rings (SSSR count). The molecular weight excluding hydrogens is 172 g/mol. The van der Waals surface area contributed by atoms with Crippen molar-refractivity contribution in [3.63, 3.8) is 0 Å². The summed E-state index contributed by atoms with van der Waals surface area (Å²) in [5.41, 5.74) is 5.85. The minimum absolute atomic E-state index is 0.0676. The number of carbonyl (C=O) groups is 1. The quantitative estimate of drug-likeness (QED) is 0.531. The summed E-state index contributed by atoms with van der Waals surface area (Å²) in [5.74, 6) is -1.24. The Hall–Kier alpha value is -1.36. The fraction of sp³-hybridized carbons (Fsp3) is 0.500. The van der Waals surface area contributed by atoms with Gasteiger partial charge >= 0.3 is 5.97 Å². The molecule has 1 atom stereocenters.